The van der Waals surface area contributed by atoms with E-state index in [0.29, 0.717) is 17.7 Å². The molecule has 0 spiro atoms. The van der Waals surface area contributed by atoms with E-state index in [9.17, 15) is 4.79 Å². The Morgan fingerprint density at radius 2 is 1.71 bits per heavy atom. The SMILES string of the molecule is COc1cc(OC)nc(N2CCC(C(=O)N(C)C)CC2)n1. The Hall–Kier alpha value is -2.05. The third kappa shape index (κ3) is 3.53. The molecule has 0 saturated carbocycles. The van der Waals surface area contributed by atoms with Crippen LogP contribution in [-0.2, 0) is 4.79 Å². The van der Waals surface area contributed by atoms with Crippen LogP contribution in [0.4, 0.5) is 5.95 Å². The van der Waals surface area contributed by atoms with E-state index in [2.05, 4.69) is 14.9 Å². The van der Waals surface area contributed by atoms with E-state index in [0.717, 1.165) is 25.9 Å². The van der Waals surface area contributed by atoms with Gasteiger partial charge in [0, 0.05) is 33.1 Å². The van der Waals surface area contributed by atoms with Gasteiger partial charge in [0.05, 0.1) is 20.3 Å². The highest BCUT2D eigenvalue weighted by atomic mass is 16.5. The van der Waals surface area contributed by atoms with Crippen LogP contribution in [0.25, 0.3) is 0 Å². The molecule has 1 saturated heterocycles. The molecule has 1 fully saturated rings. The van der Waals surface area contributed by atoms with Gasteiger partial charge in [0.15, 0.2) is 0 Å². The number of carbonyl (C=O) groups excluding carboxylic acids is 1. The number of aromatic nitrogens is 2. The van der Waals surface area contributed by atoms with E-state index in [4.69, 9.17) is 9.47 Å². The van der Waals surface area contributed by atoms with Gasteiger partial charge in [-0.3, -0.25) is 4.79 Å². The van der Waals surface area contributed by atoms with Gasteiger partial charge in [-0.15, -0.1) is 0 Å². The standard InChI is InChI=1S/C14H22N4O3/c1-17(2)13(19)10-5-7-18(8-6-10)14-15-11(20-3)9-12(16-14)21-4/h9-10H,5-8H2,1-4H3. The number of piperidine rings is 1. The number of carbonyl (C=O) groups is 1. The van der Waals surface area contributed by atoms with E-state index < -0.39 is 0 Å². The highest BCUT2D eigenvalue weighted by Crippen LogP contribution is 2.25. The second-order valence-electron chi connectivity index (χ2n) is 5.25. The Labute approximate surface area is 124 Å². The van der Waals surface area contributed by atoms with Gasteiger partial charge >= 0.3 is 0 Å². The quantitative estimate of drug-likeness (QED) is 0.818. The summed E-state index contributed by atoms with van der Waals surface area (Å²) in [6.45, 7) is 1.50. The molecular weight excluding hydrogens is 272 g/mol. The number of methoxy groups -OCH3 is 2. The van der Waals surface area contributed by atoms with Gasteiger partial charge in [0.2, 0.25) is 23.6 Å². The lowest BCUT2D eigenvalue weighted by Crippen LogP contribution is -2.40. The third-order valence-corrected chi connectivity index (χ3v) is 3.65. The van der Waals surface area contributed by atoms with Crippen molar-refractivity contribution in [3.05, 3.63) is 6.07 Å². The van der Waals surface area contributed by atoms with Crippen LogP contribution in [0.5, 0.6) is 11.8 Å². The lowest BCUT2D eigenvalue weighted by Gasteiger charge is -2.32. The van der Waals surface area contributed by atoms with Crippen molar-refractivity contribution in [2.45, 2.75) is 12.8 Å². The molecule has 1 amide bonds. The molecule has 0 aromatic carbocycles. The Morgan fingerprint density at radius 1 is 1.19 bits per heavy atom. The van der Waals surface area contributed by atoms with Gasteiger partial charge in [0.1, 0.15) is 0 Å². The minimum atomic E-state index is 0.0868. The summed E-state index contributed by atoms with van der Waals surface area (Å²) in [6, 6.07) is 1.64. The van der Waals surface area contributed by atoms with Crippen LogP contribution in [-0.4, -0.2) is 62.2 Å². The molecule has 0 unspecified atom stereocenters. The van der Waals surface area contributed by atoms with Crippen LogP contribution < -0.4 is 14.4 Å². The summed E-state index contributed by atoms with van der Waals surface area (Å²) in [5.74, 6) is 1.82. The maximum atomic E-state index is 12.0. The number of ether oxygens (including phenoxy) is 2. The summed E-state index contributed by atoms with van der Waals surface area (Å²) in [6.07, 6.45) is 1.61. The minimum Gasteiger partial charge on any atom is -0.481 e. The van der Waals surface area contributed by atoms with Crippen molar-refractivity contribution in [2.75, 3.05) is 46.3 Å². The molecule has 116 valence electrons. The Balaban J connectivity index is 2.06. The maximum absolute atomic E-state index is 12.0. The Bertz CT molecular complexity index is 477. The van der Waals surface area contributed by atoms with Crippen LogP contribution >= 0.6 is 0 Å². The first kappa shape index (κ1) is 15.3. The second kappa shape index (κ2) is 6.60. The predicted molar refractivity (Wildman–Crippen MR) is 78.8 cm³/mol. The highest BCUT2D eigenvalue weighted by molar-refractivity contribution is 5.78. The zero-order valence-corrected chi connectivity index (χ0v) is 13.0. The minimum absolute atomic E-state index is 0.0868. The van der Waals surface area contributed by atoms with Crippen LogP contribution in [0.15, 0.2) is 6.07 Å². The number of anilines is 1. The maximum Gasteiger partial charge on any atom is 0.231 e. The van der Waals surface area contributed by atoms with Crippen molar-refractivity contribution in [2.24, 2.45) is 5.92 Å². The molecule has 21 heavy (non-hydrogen) atoms. The van der Waals surface area contributed by atoms with E-state index in [-0.39, 0.29) is 11.8 Å². The molecule has 0 aliphatic carbocycles. The van der Waals surface area contributed by atoms with Crippen molar-refractivity contribution in [1.29, 1.82) is 0 Å². The molecule has 7 heteroatoms. The van der Waals surface area contributed by atoms with Crippen LogP contribution in [0.2, 0.25) is 0 Å². The molecule has 0 N–H and O–H groups in total. The zero-order valence-electron chi connectivity index (χ0n) is 13.0. The van der Waals surface area contributed by atoms with Gasteiger partial charge in [-0.05, 0) is 12.8 Å². The smallest absolute Gasteiger partial charge is 0.231 e. The number of rotatable bonds is 4. The lowest BCUT2D eigenvalue weighted by atomic mass is 9.96. The molecular formula is C14H22N4O3. The van der Waals surface area contributed by atoms with Crippen LogP contribution in [0.1, 0.15) is 12.8 Å². The van der Waals surface area contributed by atoms with Gasteiger partial charge in [-0.25, -0.2) is 0 Å². The normalized spacial score (nSPS) is 15.7. The first-order chi connectivity index (χ1) is 10.0. The average molecular weight is 294 g/mol. The van der Waals surface area contributed by atoms with Crippen molar-refractivity contribution in [3.63, 3.8) is 0 Å². The van der Waals surface area contributed by atoms with Crippen molar-refractivity contribution in [1.82, 2.24) is 14.9 Å². The monoisotopic (exact) mass is 294 g/mol. The van der Waals surface area contributed by atoms with Crippen molar-refractivity contribution >= 4 is 11.9 Å². The molecule has 0 radical (unpaired) electrons. The lowest BCUT2D eigenvalue weighted by molar-refractivity contribution is -0.133. The largest absolute Gasteiger partial charge is 0.481 e. The molecule has 1 aromatic heterocycles. The van der Waals surface area contributed by atoms with E-state index in [1.807, 2.05) is 0 Å². The molecule has 1 aromatic rings. The summed E-state index contributed by atoms with van der Waals surface area (Å²) >= 11 is 0. The number of hydrogen-bond acceptors (Lipinski definition) is 6. The van der Waals surface area contributed by atoms with Crippen molar-refractivity contribution < 1.29 is 14.3 Å². The fraction of sp³-hybridized carbons (Fsp3) is 0.643. The van der Waals surface area contributed by atoms with Gasteiger partial charge in [-0.1, -0.05) is 0 Å². The molecule has 2 heterocycles. The summed E-state index contributed by atoms with van der Waals surface area (Å²) in [4.78, 5) is 24.4. The summed E-state index contributed by atoms with van der Waals surface area (Å²) in [5, 5.41) is 0. The fourth-order valence-electron chi connectivity index (χ4n) is 2.43. The van der Waals surface area contributed by atoms with E-state index >= 15 is 0 Å². The molecule has 2 rings (SSSR count). The van der Waals surface area contributed by atoms with E-state index in [1.54, 1.807) is 39.3 Å². The fourth-order valence-corrected chi connectivity index (χ4v) is 2.43. The number of nitrogens with zero attached hydrogens (tertiary/aromatic N) is 4. The van der Waals surface area contributed by atoms with Gasteiger partial charge < -0.3 is 19.3 Å². The molecule has 7 nitrogen and oxygen atoms in total. The average Bonchev–Trinajstić information content (AvgIpc) is 2.53. The second-order valence-corrected chi connectivity index (χ2v) is 5.25. The predicted octanol–water partition coefficient (Wildman–Crippen LogP) is 0.798. The zero-order chi connectivity index (χ0) is 15.4. The van der Waals surface area contributed by atoms with Gasteiger partial charge in [0.25, 0.3) is 0 Å². The summed E-state index contributed by atoms with van der Waals surface area (Å²) in [7, 11) is 6.72. The van der Waals surface area contributed by atoms with Crippen LogP contribution in [0.3, 0.4) is 0 Å². The molecule has 0 atom stereocenters. The number of amides is 1. The van der Waals surface area contributed by atoms with Gasteiger partial charge in [-0.2, -0.15) is 9.97 Å². The highest BCUT2D eigenvalue weighted by Gasteiger charge is 2.27. The Morgan fingerprint density at radius 3 is 2.14 bits per heavy atom. The first-order valence-electron chi connectivity index (χ1n) is 6.98. The first-order valence-corrected chi connectivity index (χ1v) is 6.98. The molecule has 1 aliphatic rings. The Kier molecular flexibility index (Phi) is 4.82. The topological polar surface area (TPSA) is 67.8 Å². The summed E-state index contributed by atoms with van der Waals surface area (Å²) < 4.78 is 10.3. The molecule has 0 bridgehead atoms. The number of hydrogen-bond donors (Lipinski definition) is 0. The third-order valence-electron chi connectivity index (χ3n) is 3.65. The molecule has 1 aliphatic heterocycles. The van der Waals surface area contributed by atoms with E-state index in [1.165, 1.54) is 0 Å². The van der Waals surface area contributed by atoms with Crippen molar-refractivity contribution in [3.8, 4) is 11.8 Å². The summed E-state index contributed by atoms with van der Waals surface area (Å²) in [5.41, 5.74) is 0. The van der Waals surface area contributed by atoms with Crippen LogP contribution in [0, 0.1) is 5.92 Å².